The molecule has 1 aromatic heterocycles. The van der Waals surface area contributed by atoms with Gasteiger partial charge in [0, 0.05) is 12.5 Å². The summed E-state index contributed by atoms with van der Waals surface area (Å²) in [6.45, 7) is 5.72. The van der Waals surface area contributed by atoms with Crippen LogP contribution in [0.5, 0.6) is 0 Å². The van der Waals surface area contributed by atoms with Crippen molar-refractivity contribution in [1.82, 2.24) is 9.55 Å². The molecule has 144 valence electrons. The number of nitrogens with zero attached hydrogens (tertiary/aromatic N) is 3. The monoisotopic (exact) mass is 378 g/mol. The molecule has 1 aliphatic rings. The second-order valence-electron chi connectivity index (χ2n) is 8.14. The zero-order valence-corrected chi connectivity index (χ0v) is 15.4. The molecule has 1 aromatic carbocycles. The number of alkyl halides is 3. The van der Waals surface area contributed by atoms with Gasteiger partial charge in [0.25, 0.3) is 0 Å². The van der Waals surface area contributed by atoms with Crippen molar-refractivity contribution in [2.75, 3.05) is 5.32 Å². The summed E-state index contributed by atoms with van der Waals surface area (Å²) in [5, 5.41) is 11.9. The molecule has 1 saturated carbocycles. The summed E-state index contributed by atoms with van der Waals surface area (Å²) < 4.78 is 42.7. The fourth-order valence-corrected chi connectivity index (χ4v) is 3.31. The molecule has 0 atom stereocenters. The number of fused-ring (bicyclic) bond motifs is 1. The summed E-state index contributed by atoms with van der Waals surface area (Å²) in [5.41, 5.74) is -1.69. The lowest BCUT2D eigenvalue weighted by atomic mass is 9.91. The van der Waals surface area contributed by atoms with E-state index in [4.69, 9.17) is 0 Å². The van der Waals surface area contributed by atoms with Gasteiger partial charge in [-0.05, 0) is 36.8 Å². The second-order valence-corrected chi connectivity index (χ2v) is 8.14. The Bertz CT molecular complexity index is 928. The van der Waals surface area contributed by atoms with Gasteiger partial charge in [-0.1, -0.05) is 20.8 Å². The predicted octanol–water partition coefficient (Wildman–Crippen LogP) is 5.03. The zero-order valence-electron chi connectivity index (χ0n) is 15.4. The van der Waals surface area contributed by atoms with Crippen molar-refractivity contribution in [2.45, 2.75) is 58.7 Å². The molecule has 0 aliphatic heterocycles. The molecule has 3 rings (SSSR count). The first kappa shape index (κ1) is 19.2. The Balaban J connectivity index is 2.18. The van der Waals surface area contributed by atoms with E-state index in [1.807, 2.05) is 20.8 Å². The van der Waals surface area contributed by atoms with Crippen molar-refractivity contribution in [3.8, 4) is 6.07 Å². The molecule has 0 radical (unpaired) electrons. The zero-order chi connectivity index (χ0) is 20.0. The third kappa shape index (κ3) is 3.77. The van der Waals surface area contributed by atoms with Crippen LogP contribution in [-0.4, -0.2) is 15.5 Å². The number of imidazole rings is 1. The van der Waals surface area contributed by atoms with E-state index in [9.17, 15) is 23.2 Å². The van der Waals surface area contributed by atoms with Gasteiger partial charge in [0.1, 0.15) is 0 Å². The Morgan fingerprint density at radius 1 is 1.33 bits per heavy atom. The molecule has 5 nitrogen and oxygen atoms in total. The maximum atomic E-state index is 13.7. The third-order valence-electron chi connectivity index (χ3n) is 4.64. The highest BCUT2D eigenvalue weighted by Gasteiger charge is 2.39. The van der Waals surface area contributed by atoms with E-state index in [-0.39, 0.29) is 40.8 Å². The molecule has 1 heterocycles. The van der Waals surface area contributed by atoms with Gasteiger partial charge in [-0.15, -0.1) is 0 Å². The fraction of sp³-hybridized carbons (Fsp3) is 0.526. The Hall–Kier alpha value is -2.56. The van der Waals surface area contributed by atoms with E-state index in [2.05, 4.69) is 10.3 Å². The van der Waals surface area contributed by atoms with Crippen LogP contribution in [0, 0.1) is 16.7 Å². The number of hydrogen-bond donors (Lipinski definition) is 1. The Morgan fingerprint density at radius 2 is 2.00 bits per heavy atom. The van der Waals surface area contributed by atoms with Crippen molar-refractivity contribution in [3.63, 3.8) is 0 Å². The van der Waals surface area contributed by atoms with Gasteiger partial charge >= 0.3 is 6.18 Å². The number of amides is 1. The lowest BCUT2D eigenvalue weighted by Crippen LogP contribution is -2.25. The number of carbonyl (C=O) groups excluding carboxylic acids is 1. The standard InChI is InChI=1S/C19H21F3N4O/c1-18(2,3)9-14(27)25-17-24-13-8-7-11(10-23)15(19(20,21)22)16(13)26(17)12-5-4-6-12/h7-8,12H,4-6,9H2,1-3H3,(H,24,25,27). The van der Waals surface area contributed by atoms with E-state index in [0.717, 1.165) is 12.5 Å². The third-order valence-corrected chi connectivity index (χ3v) is 4.64. The molecule has 1 aliphatic carbocycles. The van der Waals surface area contributed by atoms with E-state index >= 15 is 0 Å². The maximum Gasteiger partial charge on any atom is 0.419 e. The minimum Gasteiger partial charge on any atom is -0.306 e. The van der Waals surface area contributed by atoms with Crippen LogP contribution in [0.2, 0.25) is 0 Å². The Kier molecular flexibility index (Phi) is 4.66. The SMILES string of the molecule is CC(C)(C)CC(=O)Nc1nc2ccc(C#N)c(C(F)(F)F)c2n1C1CCC1. The average molecular weight is 378 g/mol. The predicted molar refractivity (Wildman–Crippen MR) is 95.0 cm³/mol. The highest BCUT2D eigenvalue weighted by atomic mass is 19.4. The van der Waals surface area contributed by atoms with Crippen molar-refractivity contribution >= 4 is 22.9 Å². The molecule has 0 bridgehead atoms. The molecule has 0 saturated heterocycles. The lowest BCUT2D eigenvalue weighted by molar-refractivity contribution is -0.136. The number of rotatable bonds is 3. The van der Waals surface area contributed by atoms with Gasteiger partial charge in [-0.2, -0.15) is 18.4 Å². The maximum absolute atomic E-state index is 13.7. The van der Waals surface area contributed by atoms with Crippen LogP contribution in [-0.2, 0) is 11.0 Å². The minimum atomic E-state index is -4.70. The number of nitrogens with one attached hydrogen (secondary N) is 1. The van der Waals surface area contributed by atoms with Crippen LogP contribution in [0.25, 0.3) is 11.0 Å². The van der Waals surface area contributed by atoms with Crippen molar-refractivity contribution in [2.24, 2.45) is 5.41 Å². The fourth-order valence-electron chi connectivity index (χ4n) is 3.31. The molecule has 27 heavy (non-hydrogen) atoms. The summed E-state index contributed by atoms with van der Waals surface area (Å²) in [4.78, 5) is 16.6. The van der Waals surface area contributed by atoms with Crippen molar-refractivity contribution < 1.29 is 18.0 Å². The number of hydrogen-bond acceptors (Lipinski definition) is 3. The Morgan fingerprint density at radius 3 is 2.48 bits per heavy atom. The number of halogens is 3. The van der Waals surface area contributed by atoms with Gasteiger partial charge < -0.3 is 4.57 Å². The van der Waals surface area contributed by atoms with Gasteiger partial charge in [-0.3, -0.25) is 10.1 Å². The van der Waals surface area contributed by atoms with Crippen LogP contribution in [0.1, 0.15) is 63.6 Å². The summed E-state index contributed by atoms with van der Waals surface area (Å²) in [6, 6.07) is 3.99. The van der Waals surface area contributed by atoms with Crippen LogP contribution in [0.3, 0.4) is 0 Å². The van der Waals surface area contributed by atoms with Gasteiger partial charge in [0.2, 0.25) is 11.9 Å². The molecule has 1 N–H and O–H groups in total. The van der Waals surface area contributed by atoms with Crippen molar-refractivity contribution in [3.05, 3.63) is 23.3 Å². The van der Waals surface area contributed by atoms with Crippen LogP contribution in [0.15, 0.2) is 12.1 Å². The van der Waals surface area contributed by atoms with E-state index in [1.54, 1.807) is 6.07 Å². The smallest absolute Gasteiger partial charge is 0.306 e. The van der Waals surface area contributed by atoms with Gasteiger partial charge in [-0.25, -0.2) is 4.98 Å². The van der Waals surface area contributed by atoms with E-state index in [0.29, 0.717) is 12.8 Å². The molecule has 1 fully saturated rings. The van der Waals surface area contributed by atoms with Crippen molar-refractivity contribution in [1.29, 1.82) is 5.26 Å². The van der Waals surface area contributed by atoms with Crippen LogP contribution < -0.4 is 5.32 Å². The lowest BCUT2D eigenvalue weighted by Gasteiger charge is -2.30. The highest BCUT2D eigenvalue weighted by Crippen LogP contribution is 2.43. The largest absolute Gasteiger partial charge is 0.419 e. The number of anilines is 1. The molecule has 2 aromatic rings. The van der Waals surface area contributed by atoms with E-state index in [1.165, 1.54) is 10.6 Å². The van der Waals surface area contributed by atoms with Gasteiger partial charge in [0.05, 0.1) is 28.2 Å². The number of carbonyl (C=O) groups is 1. The Labute approximate surface area is 155 Å². The normalized spacial score (nSPS) is 15.4. The van der Waals surface area contributed by atoms with Crippen LogP contribution >= 0.6 is 0 Å². The minimum absolute atomic E-state index is 0.115. The van der Waals surface area contributed by atoms with Crippen LogP contribution in [0.4, 0.5) is 19.1 Å². The molecular weight excluding hydrogens is 357 g/mol. The first-order chi connectivity index (χ1) is 12.5. The first-order valence-electron chi connectivity index (χ1n) is 8.83. The number of aromatic nitrogens is 2. The van der Waals surface area contributed by atoms with Gasteiger partial charge in [0.15, 0.2) is 0 Å². The topological polar surface area (TPSA) is 70.7 Å². The molecule has 1 amide bonds. The highest BCUT2D eigenvalue weighted by molar-refractivity contribution is 5.93. The molecule has 8 heteroatoms. The summed E-state index contributed by atoms with van der Waals surface area (Å²) in [6.07, 6.45) is -2.16. The molecular formula is C19H21F3N4O. The molecule has 0 unspecified atom stereocenters. The number of nitriles is 1. The van der Waals surface area contributed by atoms with E-state index < -0.39 is 17.3 Å². The summed E-state index contributed by atoms with van der Waals surface area (Å²) >= 11 is 0. The molecule has 0 spiro atoms. The average Bonchev–Trinajstić information content (AvgIpc) is 2.79. The number of benzene rings is 1. The quantitative estimate of drug-likeness (QED) is 0.815. The summed E-state index contributed by atoms with van der Waals surface area (Å²) in [7, 11) is 0. The summed E-state index contributed by atoms with van der Waals surface area (Å²) in [5.74, 6) is -0.183. The first-order valence-corrected chi connectivity index (χ1v) is 8.83. The second kappa shape index (κ2) is 6.55.